The van der Waals surface area contributed by atoms with Crippen LogP contribution in [-0.4, -0.2) is 16.2 Å². The summed E-state index contributed by atoms with van der Waals surface area (Å²) in [5.41, 5.74) is 1.53. The molecule has 0 aliphatic carbocycles. The second-order valence-corrected chi connectivity index (χ2v) is 4.05. The molecule has 0 heterocycles. The van der Waals surface area contributed by atoms with Gasteiger partial charge in [-0.2, -0.15) is 0 Å². The van der Waals surface area contributed by atoms with Crippen LogP contribution in [0.4, 0.5) is 0 Å². The summed E-state index contributed by atoms with van der Waals surface area (Å²) in [6.45, 7) is 3.74. The van der Waals surface area contributed by atoms with Crippen LogP contribution in [0.2, 0.25) is 0 Å². The van der Waals surface area contributed by atoms with E-state index in [1.165, 1.54) is 0 Å². The molecule has 1 aromatic rings. The zero-order valence-electron chi connectivity index (χ0n) is 9.79. The molecule has 1 rings (SSSR count). The van der Waals surface area contributed by atoms with Crippen LogP contribution in [0, 0.1) is 6.92 Å². The number of phenols is 1. The lowest BCUT2D eigenvalue weighted by Gasteiger charge is -2.08. The van der Waals surface area contributed by atoms with Gasteiger partial charge in [-0.05, 0) is 37.5 Å². The van der Waals surface area contributed by atoms with E-state index in [0.717, 1.165) is 31.2 Å². The Bertz CT molecular complexity index is 383. The predicted octanol–water partition coefficient (Wildman–Crippen LogP) is 3.13. The molecule has 0 atom stereocenters. The molecule has 0 bridgehead atoms. The molecular formula is C13H18O3. The molecule has 2 N–H and O–H groups in total. The molecule has 0 aliphatic heterocycles. The Labute approximate surface area is 95.7 Å². The van der Waals surface area contributed by atoms with E-state index in [2.05, 4.69) is 6.92 Å². The summed E-state index contributed by atoms with van der Waals surface area (Å²) in [7, 11) is 0. The normalized spacial score (nSPS) is 10.4. The number of hydrogen-bond acceptors (Lipinski definition) is 2. The van der Waals surface area contributed by atoms with Crippen LogP contribution in [0.1, 0.15) is 47.7 Å². The minimum atomic E-state index is -0.981. The first-order valence-electron chi connectivity index (χ1n) is 5.62. The van der Waals surface area contributed by atoms with Crippen LogP contribution in [-0.2, 0) is 6.42 Å². The van der Waals surface area contributed by atoms with Crippen molar-refractivity contribution in [3.63, 3.8) is 0 Å². The Morgan fingerprint density at radius 3 is 2.56 bits per heavy atom. The van der Waals surface area contributed by atoms with E-state index in [4.69, 9.17) is 5.11 Å². The molecule has 0 amide bonds. The van der Waals surface area contributed by atoms with Crippen molar-refractivity contribution < 1.29 is 15.0 Å². The number of unbranched alkanes of at least 4 members (excludes halogenated alkanes) is 2. The number of hydrogen-bond donors (Lipinski definition) is 2. The zero-order valence-corrected chi connectivity index (χ0v) is 9.79. The lowest BCUT2D eigenvalue weighted by molar-refractivity contribution is 0.0695. The van der Waals surface area contributed by atoms with Gasteiger partial charge >= 0.3 is 5.97 Å². The van der Waals surface area contributed by atoms with Crippen LogP contribution >= 0.6 is 0 Å². The number of carboxylic acid groups (broad SMARTS) is 1. The summed E-state index contributed by atoms with van der Waals surface area (Å²) in [5, 5.41) is 18.6. The monoisotopic (exact) mass is 222 g/mol. The van der Waals surface area contributed by atoms with Crippen LogP contribution < -0.4 is 0 Å². The molecular weight excluding hydrogens is 204 g/mol. The first kappa shape index (κ1) is 12.6. The second kappa shape index (κ2) is 5.54. The van der Waals surface area contributed by atoms with Gasteiger partial charge in [-0.1, -0.05) is 19.8 Å². The first-order valence-corrected chi connectivity index (χ1v) is 5.62. The van der Waals surface area contributed by atoms with E-state index in [1.807, 2.05) is 0 Å². The highest BCUT2D eigenvalue weighted by Gasteiger charge is 2.12. The summed E-state index contributed by atoms with van der Waals surface area (Å²) in [6, 6.07) is 3.32. The third-order valence-corrected chi connectivity index (χ3v) is 2.74. The largest absolute Gasteiger partial charge is 0.508 e. The fraction of sp³-hybridized carbons (Fsp3) is 0.462. The average molecular weight is 222 g/mol. The van der Waals surface area contributed by atoms with Crippen molar-refractivity contribution in [1.29, 1.82) is 0 Å². The van der Waals surface area contributed by atoms with Gasteiger partial charge in [0.05, 0.1) is 5.56 Å². The number of phenolic OH excluding ortho intramolecular Hbond substituents is 1. The highest BCUT2D eigenvalue weighted by atomic mass is 16.4. The minimum absolute atomic E-state index is 0.0754. The Kier molecular flexibility index (Phi) is 4.35. The fourth-order valence-electron chi connectivity index (χ4n) is 1.70. The molecule has 88 valence electrons. The van der Waals surface area contributed by atoms with E-state index in [0.29, 0.717) is 5.56 Å². The summed E-state index contributed by atoms with van der Waals surface area (Å²) in [6.07, 6.45) is 4.10. The molecule has 0 unspecified atom stereocenters. The Hall–Kier alpha value is -1.51. The minimum Gasteiger partial charge on any atom is -0.508 e. The van der Waals surface area contributed by atoms with E-state index >= 15 is 0 Å². The van der Waals surface area contributed by atoms with Crippen molar-refractivity contribution in [2.75, 3.05) is 0 Å². The topological polar surface area (TPSA) is 57.5 Å². The molecule has 0 aliphatic rings. The fourth-order valence-corrected chi connectivity index (χ4v) is 1.70. The molecule has 3 nitrogen and oxygen atoms in total. The molecule has 3 heteroatoms. The van der Waals surface area contributed by atoms with Gasteiger partial charge in [0.25, 0.3) is 0 Å². The van der Waals surface area contributed by atoms with Gasteiger partial charge in [-0.15, -0.1) is 0 Å². The van der Waals surface area contributed by atoms with Gasteiger partial charge < -0.3 is 10.2 Å². The summed E-state index contributed by atoms with van der Waals surface area (Å²) >= 11 is 0. The molecule has 0 spiro atoms. The Balaban J connectivity index is 2.91. The van der Waals surface area contributed by atoms with Gasteiger partial charge in [0, 0.05) is 5.56 Å². The van der Waals surface area contributed by atoms with Crippen LogP contribution in [0.15, 0.2) is 12.1 Å². The SMILES string of the molecule is CCCCCc1cc(O)c(C)c(C(=O)O)c1. The molecule has 0 saturated heterocycles. The molecule has 0 radical (unpaired) electrons. The van der Waals surface area contributed by atoms with Gasteiger partial charge in [0.1, 0.15) is 5.75 Å². The highest BCUT2D eigenvalue weighted by molar-refractivity contribution is 5.90. The third kappa shape index (κ3) is 2.99. The number of carbonyl (C=O) groups is 1. The Morgan fingerprint density at radius 2 is 2.00 bits per heavy atom. The number of carboxylic acids is 1. The van der Waals surface area contributed by atoms with Crippen molar-refractivity contribution in [3.8, 4) is 5.75 Å². The van der Waals surface area contributed by atoms with Crippen molar-refractivity contribution in [2.45, 2.75) is 39.5 Å². The summed E-state index contributed by atoms with van der Waals surface area (Å²) in [4.78, 5) is 10.9. The molecule has 16 heavy (non-hydrogen) atoms. The maximum Gasteiger partial charge on any atom is 0.336 e. The van der Waals surface area contributed by atoms with Crippen LogP contribution in [0.25, 0.3) is 0 Å². The zero-order chi connectivity index (χ0) is 12.1. The van der Waals surface area contributed by atoms with E-state index in [-0.39, 0.29) is 11.3 Å². The van der Waals surface area contributed by atoms with Crippen LogP contribution in [0.3, 0.4) is 0 Å². The average Bonchev–Trinajstić information content (AvgIpc) is 2.23. The summed E-state index contributed by atoms with van der Waals surface area (Å²) in [5.74, 6) is -0.906. The van der Waals surface area contributed by atoms with Crippen molar-refractivity contribution >= 4 is 5.97 Å². The van der Waals surface area contributed by atoms with Crippen molar-refractivity contribution in [2.24, 2.45) is 0 Å². The van der Waals surface area contributed by atoms with E-state index < -0.39 is 5.97 Å². The first-order chi connectivity index (χ1) is 7.56. The van der Waals surface area contributed by atoms with E-state index in [9.17, 15) is 9.90 Å². The lowest BCUT2D eigenvalue weighted by atomic mass is 10.00. The maximum absolute atomic E-state index is 10.9. The lowest BCUT2D eigenvalue weighted by Crippen LogP contribution is -2.01. The number of aromatic carboxylic acids is 1. The predicted molar refractivity (Wildman–Crippen MR) is 63.0 cm³/mol. The van der Waals surface area contributed by atoms with Crippen LogP contribution in [0.5, 0.6) is 5.75 Å². The number of aryl methyl sites for hydroxylation is 1. The standard InChI is InChI=1S/C13H18O3/c1-3-4-5-6-10-7-11(13(15)16)9(2)12(14)8-10/h7-8,14H,3-6H2,1-2H3,(H,15,16). The number of rotatable bonds is 5. The molecule has 0 fully saturated rings. The third-order valence-electron chi connectivity index (χ3n) is 2.74. The second-order valence-electron chi connectivity index (χ2n) is 4.05. The van der Waals surface area contributed by atoms with Gasteiger partial charge in [0.2, 0.25) is 0 Å². The maximum atomic E-state index is 10.9. The summed E-state index contributed by atoms with van der Waals surface area (Å²) < 4.78 is 0. The van der Waals surface area contributed by atoms with E-state index in [1.54, 1.807) is 19.1 Å². The highest BCUT2D eigenvalue weighted by Crippen LogP contribution is 2.23. The molecule has 0 aromatic heterocycles. The quantitative estimate of drug-likeness (QED) is 0.752. The smallest absolute Gasteiger partial charge is 0.336 e. The van der Waals surface area contributed by atoms with Gasteiger partial charge in [-0.25, -0.2) is 4.79 Å². The van der Waals surface area contributed by atoms with Crippen molar-refractivity contribution in [1.82, 2.24) is 0 Å². The number of benzene rings is 1. The van der Waals surface area contributed by atoms with Gasteiger partial charge in [-0.3, -0.25) is 0 Å². The molecule has 1 aromatic carbocycles. The Morgan fingerprint density at radius 1 is 1.31 bits per heavy atom. The number of aromatic hydroxyl groups is 1. The molecule has 0 saturated carbocycles. The van der Waals surface area contributed by atoms with Crippen molar-refractivity contribution in [3.05, 3.63) is 28.8 Å². The van der Waals surface area contributed by atoms with Gasteiger partial charge in [0.15, 0.2) is 0 Å².